The van der Waals surface area contributed by atoms with Gasteiger partial charge in [0.1, 0.15) is 24.2 Å². The van der Waals surface area contributed by atoms with Gasteiger partial charge in [0.05, 0.1) is 32.4 Å². The van der Waals surface area contributed by atoms with Crippen LogP contribution in [0.4, 0.5) is 0 Å². The van der Waals surface area contributed by atoms with Gasteiger partial charge >= 0.3 is 0 Å². The van der Waals surface area contributed by atoms with Gasteiger partial charge in [-0.3, -0.25) is 4.79 Å². The molecule has 2 aromatic carbocycles. The van der Waals surface area contributed by atoms with E-state index in [2.05, 4.69) is 15.4 Å². The first-order chi connectivity index (χ1) is 13.1. The molecule has 0 aliphatic rings. The maximum atomic E-state index is 12.5. The van der Waals surface area contributed by atoms with Crippen LogP contribution >= 0.6 is 0 Å². The van der Waals surface area contributed by atoms with Crippen LogP contribution in [0.25, 0.3) is 5.69 Å². The molecule has 0 radical (unpaired) electrons. The number of carbonyl (C=O) groups is 1. The topological polar surface area (TPSA) is 78.3 Å². The molecule has 0 saturated heterocycles. The second-order valence-corrected chi connectivity index (χ2v) is 6.08. The maximum Gasteiger partial charge on any atom is 0.225 e. The summed E-state index contributed by atoms with van der Waals surface area (Å²) in [5, 5.41) is 7.12. The van der Waals surface area contributed by atoms with Gasteiger partial charge < -0.3 is 14.8 Å². The predicted molar refractivity (Wildman–Crippen MR) is 101 cm³/mol. The van der Waals surface area contributed by atoms with E-state index in [4.69, 9.17) is 9.47 Å². The summed E-state index contributed by atoms with van der Waals surface area (Å²) in [5.41, 5.74) is 2.73. The Hall–Kier alpha value is -3.35. The van der Waals surface area contributed by atoms with Crippen LogP contribution < -0.4 is 14.8 Å². The smallest absolute Gasteiger partial charge is 0.225 e. The van der Waals surface area contributed by atoms with Gasteiger partial charge in [-0.25, -0.2) is 9.67 Å². The zero-order chi connectivity index (χ0) is 19.2. The van der Waals surface area contributed by atoms with Crippen molar-refractivity contribution < 1.29 is 14.3 Å². The number of carbonyl (C=O) groups excluding carboxylic acids is 1. The molecule has 1 heterocycles. The number of nitrogens with zero attached hydrogens (tertiary/aromatic N) is 3. The molecule has 0 unspecified atom stereocenters. The van der Waals surface area contributed by atoms with E-state index >= 15 is 0 Å². The fourth-order valence-corrected chi connectivity index (χ4v) is 2.80. The fourth-order valence-electron chi connectivity index (χ4n) is 2.80. The number of aromatic nitrogens is 3. The molecule has 0 saturated carbocycles. The number of hydrogen-bond acceptors (Lipinski definition) is 5. The number of rotatable bonds is 7. The molecule has 1 aromatic heterocycles. The molecule has 0 aliphatic carbocycles. The number of ether oxygens (including phenoxy) is 2. The third-order valence-electron chi connectivity index (χ3n) is 4.30. The number of methoxy groups -OCH3 is 2. The van der Waals surface area contributed by atoms with E-state index in [-0.39, 0.29) is 18.4 Å². The van der Waals surface area contributed by atoms with Crippen molar-refractivity contribution in [3.8, 4) is 17.2 Å². The summed E-state index contributed by atoms with van der Waals surface area (Å²) < 4.78 is 12.2. The fraction of sp³-hybridized carbons (Fsp3) is 0.250. The summed E-state index contributed by atoms with van der Waals surface area (Å²) in [7, 11) is 3.17. The van der Waals surface area contributed by atoms with Crippen molar-refractivity contribution in [3.63, 3.8) is 0 Å². The van der Waals surface area contributed by atoms with Crippen molar-refractivity contribution in [1.82, 2.24) is 20.1 Å². The quantitative estimate of drug-likeness (QED) is 0.696. The monoisotopic (exact) mass is 366 g/mol. The normalized spacial score (nSPS) is 11.7. The summed E-state index contributed by atoms with van der Waals surface area (Å²) in [6, 6.07) is 13.1. The molecule has 0 aliphatic heterocycles. The van der Waals surface area contributed by atoms with Crippen LogP contribution in [0, 0.1) is 0 Å². The first kappa shape index (κ1) is 18.4. The highest BCUT2D eigenvalue weighted by atomic mass is 16.5. The molecule has 7 heteroatoms. The van der Waals surface area contributed by atoms with Crippen LogP contribution in [0.2, 0.25) is 0 Å². The third-order valence-corrected chi connectivity index (χ3v) is 4.30. The summed E-state index contributed by atoms with van der Waals surface area (Å²) >= 11 is 0. The lowest BCUT2D eigenvalue weighted by molar-refractivity contribution is -0.121. The zero-order valence-corrected chi connectivity index (χ0v) is 15.5. The van der Waals surface area contributed by atoms with Crippen LogP contribution in [0.1, 0.15) is 24.1 Å². The first-order valence-electron chi connectivity index (χ1n) is 8.56. The molecule has 1 atom stereocenters. The molecular formula is C20H22N4O3. The average molecular weight is 366 g/mol. The summed E-state index contributed by atoms with van der Waals surface area (Å²) in [6.45, 7) is 1.95. The Morgan fingerprint density at radius 3 is 2.56 bits per heavy atom. The highest BCUT2D eigenvalue weighted by molar-refractivity contribution is 5.79. The molecule has 1 N–H and O–H groups in total. The lowest BCUT2D eigenvalue weighted by atomic mass is 10.1. The largest absolute Gasteiger partial charge is 0.497 e. The Balaban J connectivity index is 1.64. The minimum absolute atomic E-state index is 0.0775. The zero-order valence-electron chi connectivity index (χ0n) is 15.5. The SMILES string of the molecule is COc1ccc(CC(=O)N[C@@H](C)c2ccc(-n3cncn3)cc2)c(OC)c1. The second-order valence-electron chi connectivity index (χ2n) is 6.08. The number of benzene rings is 2. The lowest BCUT2D eigenvalue weighted by Crippen LogP contribution is -2.28. The molecule has 27 heavy (non-hydrogen) atoms. The summed E-state index contributed by atoms with van der Waals surface area (Å²) in [6.07, 6.45) is 3.36. The standard InChI is InChI=1S/C20H22N4O3/c1-14(15-4-7-17(8-5-15)24-13-21-12-22-24)23-20(25)10-16-6-9-18(26-2)11-19(16)27-3/h4-9,11-14H,10H2,1-3H3,(H,23,25)/t14-/m0/s1. The maximum absolute atomic E-state index is 12.5. The van der Waals surface area contributed by atoms with Gasteiger partial charge in [-0.1, -0.05) is 18.2 Å². The van der Waals surface area contributed by atoms with E-state index in [1.54, 1.807) is 31.3 Å². The van der Waals surface area contributed by atoms with Crippen molar-refractivity contribution in [2.45, 2.75) is 19.4 Å². The van der Waals surface area contributed by atoms with Crippen LogP contribution in [-0.2, 0) is 11.2 Å². The predicted octanol–water partition coefficient (Wildman–Crippen LogP) is 2.70. The third kappa shape index (κ3) is 4.44. The Morgan fingerprint density at radius 1 is 1.15 bits per heavy atom. The van der Waals surface area contributed by atoms with Crippen LogP contribution in [0.3, 0.4) is 0 Å². The summed E-state index contributed by atoms with van der Waals surface area (Å²) in [4.78, 5) is 16.4. The Labute approximate surface area is 158 Å². The molecule has 3 aromatic rings. The molecule has 140 valence electrons. The lowest BCUT2D eigenvalue weighted by Gasteiger charge is -2.16. The average Bonchev–Trinajstić information content (AvgIpc) is 3.23. The van der Waals surface area contributed by atoms with Crippen molar-refractivity contribution >= 4 is 5.91 Å². The van der Waals surface area contributed by atoms with E-state index in [0.717, 1.165) is 16.8 Å². The summed E-state index contributed by atoms with van der Waals surface area (Å²) in [5.74, 6) is 1.25. The molecule has 0 fully saturated rings. The van der Waals surface area contributed by atoms with E-state index < -0.39 is 0 Å². The van der Waals surface area contributed by atoms with Gasteiger partial charge in [-0.2, -0.15) is 5.10 Å². The minimum Gasteiger partial charge on any atom is -0.497 e. The van der Waals surface area contributed by atoms with E-state index in [1.807, 2.05) is 43.3 Å². The number of amides is 1. The van der Waals surface area contributed by atoms with Gasteiger partial charge in [0.25, 0.3) is 0 Å². The van der Waals surface area contributed by atoms with Crippen molar-refractivity contribution in [3.05, 3.63) is 66.2 Å². The Bertz CT molecular complexity index is 892. The molecule has 3 rings (SSSR count). The second kappa shape index (κ2) is 8.35. The van der Waals surface area contributed by atoms with Crippen LogP contribution in [0.15, 0.2) is 55.1 Å². The van der Waals surface area contributed by atoms with Crippen molar-refractivity contribution in [2.75, 3.05) is 14.2 Å². The van der Waals surface area contributed by atoms with Gasteiger partial charge in [0, 0.05) is 11.6 Å². The molecule has 1 amide bonds. The van der Waals surface area contributed by atoms with Gasteiger partial charge in [-0.15, -0.1) is 0 Å². The van der Waals surface area contributed by atoms with E-state index in [1.165, 1.54) is 6.33 Å². The van der Waals surface area contributed by atoms with Crippen molar-refractivity contribution in [1.29, 1.82) is 0 Å². The van der Waals surface area contributed by atoms with Crippen molar-refractivity contribution in [2.24, 2.45) is 0 Å². The number of hydrogen-bond donors (Lipinski definition) is 1. The Kier molecular flexibility index (Phi) is 5.71. The molecule has 0 spiro atoms. The van der Waals surface area contributed by atoms with Gasteiger partial charge in [0.2, 0.25) is 5.91 Å². The van der Waals surface area contributed by atoms with Gasteiger partial charge in [-0.05, 0) is 30.7 Å². The van der Waals surface area contributed by atoms with E-state index in [9.17, 15) is 4.79 Å². The highest BCUT2D eigenvalue weighted by Gasteiger charge is 2.13. The minimum atomic E-state index is -0.119. The highest BCUT2D eigenvalue weighted by Crippen LogP contribution is 2.25. The molecule has 7 nitrogen and oxygen atoms in total. The van der Waals surface area contributed by atoms with Crippen LogP contribution in [-0.4, -0.2) is 34.9 Å². The molecular weight excluding hydrogens is 344 g/mol. The number of nitrogens with one attached hydrogen (secondary N) is 1. The Morgan fingerprint density at radius 2 is 1.93 bits per heavy atom. The van der Waals surface area contributed by atoms with Crippen LogP contribution in [0.5, 0.6) is 11.5 Å². The van der Waals surface area contributed by atoms with E-state index in [0.29, 0.717) is 11.5 Å². The van der Waals surface area contributed by atoms with Gasteiger partial charge in [0.15, 0.2) is 0 Å². The first-order valence-corrected chi connectivity index (χ1v) is 8.56. The molecule has 0 bridgehead atoms.